The smallest absolute Gasteiger partial charge is 0.407 e. The lowest BCUT2D eigenvalue weighted by Crippen LogP contribution is -2.46. The number of nitrogens with one attached hydrogen (secondary N) is 2. The second-order valence-corrected chi connectivity index (χ2v) is 14.6. The summed E-state index contributed by atoms with van der Waals surface area (Å²) < 4.78 is 43.4. The predicted octanol–water partition coefficient (Wildman–Crippen LogP) is 5.38. The van der Waals surface area contributed by atoms with Gasteiger partial charge in [-0.25, -0.2) is 4.79 Å². The summed E-state index contributed by atoms with van der Waals surface area (Å²) in [6.07, 6.45) is 9.66. The lowest BCUT2D eigenvalue weighted by atomic mass is 9.85. The summed E-state index contributed by atoms with van der Waals surface area (Å²) in [4.78, 5) is 15.7. The molecule has 262 valence electrons. The van der Waals surface area contributed by atoms with E-state index in [1.54, 1.807) is 6.07 Å². The first-order chi connectivity index (χ1) is 24.1. The van der Waals surface area contributed by atoms with Gasteiger partial charge < -0.3 is 19.7 Å². The molecule has 2 aromatic heterocycles. The van der Waals surface area contributed by atoms with Crippen LogP contribution >= 0.6 is 0 Å². The molecule has 2 aromatic carbocycles. The molecule has 7 rings (SSSR count). The fourth-order valence-corrected chi connectivity index (χ4v) is 7.33. The van der Waals surface area contributed by atoms with Crippen molar-refractivity contribution in [3.8, 4) is 11.5 Å². The largest absolute Gasteiger partial charge is 0.491 e. The standard InChI is InChI=1S/C36H41N7O6S/c1-24-9-6-7-18-41(24)36-40-39-33-17-14-28(23-42(33)36)49-32-16-15-31(29-12-4-5-13-30(29)32)37-35(44)38-34-21-25(2)43(34)26-10-8-11-27(22-26)47-19-20-48-50(3,45)46/h4-5,8,10-14,17,21-24,31-32H,6-7,9,15-16,18-20H2,1-3H3,(H,37,44)/p+1. The van der Waals surface area contributed by atoms with Crippen LogP contribution in [0.3, 0.4) is 0 Å². The zero-order valence-corrected chi connectivity index (χ0v) is 29.2. The number of ether oxygens (including phenoxy) is 2. The number of nitrogens with zero attached hydrogens (tertiary/aromatic N) is 5. The minimum atomic E-state index is -3.53. The second-order valence-electron chi connectivity index (χ2n) is 13.0. The van der Waals surface area contributed by atoms with Crippen LogP contribution in [-0.2, 0) is 14.3 Å². The highest BCUT2D eigenvalue weighted by molar-refractivity contribution is 7.85. The number of rotatable bonds is 10. The normalized spacial score (nSPS) is 20.5. The third-order valence-corrected chi connectivity index (χ3v) is 9.94. The average Bonchev–Trinajstić information content (AvgIpc) is 3.50. The maximum absolute atomic E-state index is 13.4. The van der Waals surface area contributed by atoms with Crippen molar-refractivity contribution in [2.75, 3.05) is 30.9 Å². The number of amides is 2. The highest BCUT2D eigenvalue weighted by Crippen LogP contribution is 2.39. The third-order valence-electron chi connectivity index (χ3n) is 9.34. The molecular weight excluding hydrogens is 659 g/mol. The zero-order valence-electron chi connectivity index (χ0n) is 28.4. The third kappa shape index (κ3) is 7.31. The second kappa shape index (κ2) is 14.1. The quantitative estimate of drug-likeness (QED) is 0.127. The Morgan fingerprint density at radius 3 is 2.62 bits per heavy atom. The fourth-order valence-electron chi connectivity index (χ4n) is 6.96. The van der Waals surface area contributed by atoms with E-state index in [1.807, 2.05) is 76.7 Å². The van der Waals surface area contributed by atoms with Crippen LogP contribution in [0.15, 0.2) is 78.6 Å². The molecule has 0 spiro atoms. The molecular formula is C36H42N7O6S+. The van der Waals surface area contributed by atoms with E-state index in [2.05, 4.69) is 38.7 Å². The summed E-state index contributed by atoms with van der Waals surface area (Å²) in [5.41, 5.74) is 4.61. The average molecular weight is 701 g/mol. The van der Waals surface area contributed by atoms with Gasteiger partial charge in [-0.15, -0.1) is 10.2 Å². The van der Waals surface area contributed by atoms with Gasteiger partial charge in [0.25, 0.3) is 16.0 Å². The van der Waals surface area contributed by atoms with Gasteiger partial charge in [0.1, 0.15) is 42.2 Å². The number of carbonyl (C=O) groups is 1. The number of fused-ring (bicyclic) bond motifs is 2. The minimum Gasteiger partial charge on any atom is -0.491 e. The summed E-state index contributed by atoms with van der Waals surface area (Å²) in [5, 5.41) is 15.1. The molecule has 1 fully saturated rings. The lowest BCUT2D eigenvalue weighted by Gasteiger charge is -2.33. The van der Waals surface area contributed by atoms with Gasteiger partial charge in [0, 0.05) is 18.7 Å². The summed E-state index contributed by atoms with van der Waals surface area (Å²) in [7, 11) is -3.53. The van der Waals surface area contributed by atoms with Crippen LogP contribution in [0.5, 0.6) is 11.5 Å². The summed E-state index contributed by atoms with van der Waals surface area (Å²) in [6, 6.07) is 19.3. The molecule has 1 saturated heterocycles. The van der Waals surface area contributed by atoms with E-state index in [9.17, 15) is 13.2 Å². The molecule has 13 nitrogen and oxygen atoms in total. The van der Waals surface area contributed by atoms with Crippen molar-refractivity contribution in [1.82, 2.24) is 25.2 Å². The Balaban J connectivity index is 1.01. The van der Waals surface area contributed by atoms with Crippen molar-refractivity contribution in [3.63, 3.8) is 0 Å². The van der Waals surface area contributed by atoms with Crippen molar-refractivity contribution in [2.45, 2.75) is 64.1 Å². The van der Waals surface area contributed by atoms with Gasteiger partial charge in [0.05, 0.1) is 24.6 Å². The van der Waals surface area contributed by atoms with Gasteiger partial charge in [-0.1, -0.05) is 30.3 Å². The van der Waals surface area contributed by atoms with E-state index in [0.717, 1.165) is 71.9 Å². The molecule has 50 heavy (non-hydrogen) atoms. The van der Waals surface area contributed by atoms with Gasteiger partial charge in [-0.2, -0.15) is 18.3 Å². The zero-order chi connectivity index (χ0) is 34.8. The highest BCUT2D eigenvalue weighted by atomic mass is 32.2. The Labute approximate surface area is 291 Å². The number of hydrogen-bond donors (Lipinski definition) is 2. The highest BCUT2D eigenvalue weighted by Gasteiger charge is 2.33. The van der Waals surface area contributed by atoms with Gasteiger partial charge in [-0.3, -0.25) is 8.58 Å². The summed E-state index contributed by atoms with van der Waals surface area (Å²) in [6.45, 7) is 5.15. The van der Waals surface area contributed by atoms with E-state index < -0.39 is 10.1 Å². The van der Waals surface area contributed by atoms with Gasteiger partial charge in [0.2, 0.25) is 5.95 Å². The molecule has 2 aliphatic heterocycles. The summed E-state index contributed by atoms with van der Waals surface area (Å²) >= 11 is 0. The van der Waals surface area contributed by atoms with Gasteiger partial charge in [-0.05, 0) is 81.3 Å². The molecule has 4 heterocycles. The Bertz CT molecular complexity index is 2080. The van der Waals surface area contributed by atoms with Crippen LogP contribution in [0.25, 0.3) is 5.65 Å². The lowest BCUT2D eigenvalue weighted by molar-refractivity contribution is -0.397. The van der Waals surface area contributed by atoms with Crippen molar-refractivity contribution >= 4 is 39.3 Å². The number of allylic oxidation sites excluding steroid dienone is 1. The van der Waals surface area contributed by atoms with Crippen molar-refractivity contribution < 1.29 is 31.4 Å². The van der Waals surface area contributed by atoms with Crippen molar-refractivity contribution in [3.05, 3.63) is 89.8 Å². The Morgan fingerprint density at radius 2 is 1.82 bits per heavy atom. The number of pyridine rings is 1. The molecule has 0 bridgehead atoms. The Kier molecular flexibility index (Phi) is 9.47. The molecule has 3 aliphatic rings. The molecule has 3 unspecified atom stereocenters. The number of urea groups is 1. The van der Waals surface area contributed by atoms with Gasteiger partial charge >= 0.3 is 6.03 Å². The maximum Gasteiger partial charge on any atom is 0.407 e. The molecule has 0 radical (unpaired) electrons. The SMILES string of the molecule is CC1=CC(NC(=O)NC2CCC(Oc3ccc4nnc(N5CCCCC5C)n4c3)c3ccccc32)=[N+]1c1cccc(OCCOS(C)(=O)=O)c1. The molecule has 4 aromatic rings. The molecule has 1 aliphatic carbocycles. The molecule has 2 amide bonds. The van der Waals surface area contributed by atoms with E-state index in [4.69, 9.17) is 13.7 Å². The van der Waals surface area contributed by atoms with Crippen LogP contribution in [-0.4, -0.2) is 71.5 Å². The number of hydrogen-bond acceptors (Lipinski definition) is 9. The number of amidine groups is 1. The first-order valence-electron chi connectivity index (χ1n) is 17.0. The number of piperidine rings is 1. The first kappa shape index (κ1) is 33.5. The minimum absolute atomic E-state index is 0.0770. The number of carbonyl (C=O) groups excluding carboxylic acids is 1. The number of benzene rings is 2. The molecule has 2 N–H and O–H groups in total. The van der Waals surface area contributed by atoms with E-state index in [-0.39, 0.29) is 31.4 Å². The summed E-state index contributed by atoms with van der Waals surface area (Å²) in [5.74, 6) is 2.78. The predicted molar refractivity (Wildman–Crippen MR) is 189 cm³/mol. The monoisotopic (exact) mass is 700 g/mol. The molecule has 0 saturated carbocycles. The van der Waals surface area contributed by atoms with E-state index in [1.165, 1.54) is 6.42 Å². The van der Waals surface area contributed by atoms with Crippen LogP contribution in [0, 0.1) is 0 Å². The van der Waals surface area contributed by atoms with Crippen LogP contribution < -0.4 is 25.0 Å². The Hall–Kier alpha value is -4.95. The van der Waals surface area contributed by atoms with Crippen LogP contribution in [0.4, 0.5) is 16.4 Å². The van der Waals surface area contributed by atoms with Gasteiger partial charge in [0.15, 0.2) is 5.65 Å². The van der Waals surface area contributed by atoms with Crippen molar-refractivity contribution in [2.24, 2.45) is 0 Å². The Morgan fingerprint density at radius 1 is 0.980 bits per heavy atom. The maximum atomic E-state index is 13.4. The van der Waals surface area contributed by atoms with E-state index in [0.29, 0.717) is 24.0 Å². The fraction of sp³-hybridized carbons (Fsp3) is 0.389. The molecule has 3 atom stereocenters. The van der Waals surface area contributed by atoms with Crippen LogP contribution in [0.2, 0.25) is 0 Å². The van der Waals surface area contributed by atoms with Crippen molar-refractivity contribution in [1.29, 1.82) is 0 Å². The first-order valence-corrected chi connectivity index (χ1v) is 18.8. The molecule has 14 heteroatoms. The topological polar surface area (TPSA) is 139 Å². The van der Waals surface area contributed by atoms with E-state index >= 15 is 0 Å². The number of anilines is 1. The number of aromatic nitrogens is 3. The van der Waals surface area contributed by atoms with Crippen LogP contribution in [0.1, 0.15) is 69.2 Å².